The maximum Gasteiger partial charge on any atom is 0.0407 e. The van der Waals surface area contributed by atoms with Crippen molar-refractivity contribution in [1.82, 2.24) is 4.98 Å². The highest BCUT2D eigenvalue weighted by molar-refractivity contribution is 5.36. The van der Waals surface area contributed by atoms with Gasteiger partial charge >= 0.3 is 0 Å². The van der Waals surface area contributed by atoms with Crippen molar-refractivity contribution in [1.29, 1.82) is 0 Å². The highest BCUT2D eigenvalue weighted by Gasteiger charge is 2.10. The van der Waals surface area contributed by atoms with Gasteiger partial charge in [0.25, 0.3) is 0 Å². The molecule has 0 aliphatic heterocycles. The summed E-state index contributed by atoms with van der Waals surface area (Å²) in [6.45, 7) is 8.91. The molecule has 0 aliphatic carbocycles. The van der Waals surface area contributed by atoms with Crippen molar-refractivity contribution < 1.29 is 0 Å². The van der Waals surface area contributed by atoms with Crippen LogP contribution >= 0.6 is 0 Å². The first kappa shape index (κ1) is 13.2. The molecule has 0 saturated heterocycles. The number of rotatable bonds is 6. The van der Waals surface area contributed by atoms with E-state index >= 15 is 0 Å². The van der Waals surface area contributed by atoms with E-state index in [0.717, 1.165) is 0 Å². The summed E-state index contributed by atoms with van der Waals surface area (Å²) >= 11 is 0. The molecule has 0 unspecified atom stereocenters. The number of hydrogen-bond donors (Lipinski definition) is 0. The topological polar surface area (TPSA) is 12.9 Å². The van der Waals surface area contributed by atoms with Crippen LogP contribution in [-0.4, -0.2) is 4.98 Å². The van der Waals surface area contributed by atoms with Crippen molar-refractivity contribution >= 4 is 0 Å². The van der Waals surface area contributed by atoms with Crippen LogP contribution in [0, 0.1) is 6.92 Å². The summed E-state index contributed by atoms with van der Waals surface area (Å²) in [6.07, 6.45) is 9.35. The standard InChI is InChI=1S/C15H25N/c1-5-8-13-11-16-12(4)14(9-6-2)15(13)10-7-3/h11H,5-10H2,1-4H3. The molecule has 1 heterocycles. The van der Waals surface area contributed by atoms with Gasteiger partial charge in [0.1, 0.15) is 0 Å². The number of pyridine rings is 1. The minimum Gasteiger partial charge on any atom is -0.261 e. The zero-order valence-electron chi connectivity index (χ0n) is 11.3. The van der Waals surface area contributed by atoms with Crippen LogP contribution in [0.1, 0.15) is 62.4 Å². The molecule has 0 aromatic carbocycles. The van der Waals surface area contributed by atoms with Gasteiger partial charge in [0.15, 0.2) is 0 Å². The van der Waals surface area contributed by atoms with Gasteiger partial charge in [-0.1, -0.05) is 40.0 Å². The molecule has 0 aliphatic rings. The maximum atomic E-state index is 4.56. The van der Waals surface area contributed by atoms with Gasteiger partial charge in [0.2, 0.25) is 0 Å². The molecular formula is C15H25N. The quantitative estimate of drug-likeness (QED) is 0.697. The Morgan fingerprint density at radius 2 is 1.44 bits per heavy atom. The van der Waals surface area contributed by atoms with Gasteiger partial charge in [-0.25, -0.2) is 0 Å². The van der Waals surface area contributed by atoms with E-state index in [1.165, 1.54) is 55.3 Å². The van der Waals surface area contributed by atoms with Crippen molar-refractivity contribution in [3.63, 3.8) is 0 Å². The van der Waals surface area contributed by atoms with Crippen molar-refractivity contribution in [2.75, 3.05) is 0 Å². The van der Waals surface area contributed by atoms with E-state index in [1.54, 1.807) is 5.56 Å². The normalized spacial score (nSPS) is 10.8. The third-order valence-electron chi connectivity index (χ3n) is 3.12. The molecule has 0 fully saturated rings. The van der Waals surface area contributed by atoms with Crippen molar-refractivity contribution in [2.45, 2.75) is 66.2 Å². The third-order valence-corrected chi connectivity index (χ3v) is 3.12. The van der Waals surface area contributed by atoms with Crippen LogP contribution in [0.15, 0.2) is 6.20 Å². The van der Waals surface area contributed by atoms with Gasteiger partial charge in [0, 0.05) is 11.9 Å². The summed E-state index contributed by atoms with van der Waals surface area (Å²) < 4.78 is 0. The number of hydrogen-bond acceptors (Lipinski definition) is 1. The smallest absolute Gasteiger partial charge is 0.0407 e. The first-order valence-corrected chi connectivity index (χ1v) is 6.70. The third kappa shape index (κ3) is 3.07. The highest BCUT2D eigenvalue weighted by Crippen LogP contribution is 2.21. The predicted octanol–water partition coefficient (Wildman–Crippen LogP) is 4.25. The molecule has 90 valence electrons. The molecule has 1 rings (SSSR count). The molecule has 0 saturated carbocycles. The van der Waals surface area contributed by atoms with Crippen LogP contribution in [0.2, 0.25) is 0 Å². The van der Waals surface area contributed by atoms with E-state index in [4.69, 9.17) is 0 Å². The SMILES string of the molecule is CCCc1cnc(C)c(CCC)c1CCC. The summed E-state index contributed by atoms with van der Waals surface area (Å²) in [5.74, 6) is 0. The number of nitrogens with zero attached hydrogens (tertiary/aromatic N) is 1. The van der Waals surface area contributed by atoms with Crippen LogP contribution in [0.5, 0.6) is 0 Å². The van der Waals surface area contributed by atoms with Crippen LogP contribution in [0.25, 0.3) is 0 Å². The average molecular weight is 219 g/mol. The second-order valence-corrected chi connectivity index (χ2v) is 4.58. The Morgan fingerprint density at radius 3 is 2.00 bits per heavy atom. The van der Waals surface area contributed by atoms with Crippen molar-refractivity contribution in [3.8, 4) is 0 Å². The van der Waals surface area contributed by atoms with Crippen LogP contribution < -0.4 is 0 Å². The molecule has 16 heavy (non-hydrogen) atoms. The fourth-order valence-corrected chi connectivity index (χ4v) is 2.37. The molecule has 1 aromatic rings. The Balaban J connectivity index is 3.14. The van der Waals surface area contributed by atoms with Crippen LogP contribution in [0.4, 0.5) is 0 Å². The molecule has 0 N–H and O–H groups in total. The Bertz CT molecular complexity index is 328. The Hall–Kier alpha value is -0.850. The lowest BCUT2D eigenvalue weighted by Gasteiger charge is -2.15. The van der Waals surface area contributed by atoms with E-state index in [1.807, 2.05) is 0 Å². The first-order valence-electron chi connectivity index (χ1n) is 6.70. The number of aromatic nitrogens is 1. The molecule has 0 radical (unpaired) electrons. The Kier molecular flexibility index (Phi) is 5.51. The largest absolute Gasteiger partial charge is 0.261 e. The lowest BCUT2D eigenvalue weighted by molar-refractivity contribution is 0.805. The summed E-state index contributed by atoms with van der Waals surface area (Å²) in [5, 5.41) is 0. The lowest BCUT2D eigenvalue weighted by atomic mass is 9.93. The molecule has 1 heteroatoms. The highest BCUT2D eigenvalue weighted by atomic mass is 14.7. The minimum atomic E-state index is 1.18. The number of aryl methyl sites for hydroxylation is 2. The fourth-order valence-electron chi connectivity index (χ4n) is 2.37. The minimum absolute atomic E-state index is 1.18. The molecule has 0 spiro atoms. The van der Waals surface area contributed by atoms with Gasteiger partial charge in [-0.2, -0.15) is 0 Å². The second kappa shape index (κ2) is 6.67. The van der Waals surface area contributed by atoms with E-state index in [9.17, 15) is 0 Å². The molecule has 0 atom stereocenters. The van der Waals surface area contributed by atoms with E-state index in [0.29, 0.717) is 0 Å². The zero-order valence-corrected chi connectivity index (χ0v) is 11.3. The first-order chi connectivity index (χ1) is 7.74. The fraction of sp³-hybridized carbons (Fsp3) is 0.667. The van der Waals surface area contributed by atoms with Crippen molar-refractivity contribution in [2.24, 2.45) is 0 Å². The molecule has 1 aromatic heterocycles. The Labute approximate surface area is 100 Å². The second-order valence-electron chi connectivity index (χ2n) is 4.58. The summed E-state index contributed by atoms with van der Waals surface area (Å²) in [5.41, 5.74) is 5.84. The maximum absolute atomic E-state index is 4.56. The van der Waals surface area contributed by atoms with E-state index < -0.39 is 0 Å². The van der Waals surface area contributed by atoms with Gasteiger partial charge in [-0.3, -0.25) is 4.98 Å². The van der Waals surface area contributed by atoms with Gasteiger partial charge in [-0.15, -0.1) is 0 Å². The molecule has 0 amide bonds. The lowest BCUT2D eigenvalue weighted by Crippen LogP contribution is -2.05. The summed E-state index contributed by atoms with van der Waals surface area (Å²) in [6, 6.07) is 0. The van der Waals surface area contributed by atoms with Crippen molar-refractivity contribution in [3.05, 3.63) is 28.6 Å². The summed E-state index contributed by atoms with van der Waals surface area (Å²) in [7, 11) is 0. The van der Waals surface area contributed by atoms with Gasteiger partial charge < -0.3 is 0 Å². The monoisotopic (exact) mass is 219 g/mol. The van der Waals surface area contributed by atoms with Crippen LogP contribution in [0.3, 0.4) is 0 Å². The van der Waals surface area contributed by atoms with Crippen LogP contribution in [-0.2, 0) is 19.3 Å². The zero-order chi connectivity index (χ0) is 12.0. The van der Waals surface area contributed by atoms with E-state index in [-0.39, 0.29) is 0 Å². The van der Waals surface area contributed by atoms with Gasteiger partial charge in [-0.05, 0) is 42.9 Å². The van der Waals surface area contributed by atoms with E-state index in [2.05, 4.69) is 38.9 Å². The van der Waals surface area contributed by atoms with Gasteiger partial charge in [0.05, 0.1) is 0 Å². The molecule has 0 bridgehead atoms. The average Bonchev–Trinajstić information content (AvgIpc) is 2.27. The Morgan fingerprint density at radius 1 is 0.875 bits per heavy atom. The molecular weight excluding hydrogens is 194 g/mol. The predicted molar refractivity (Wildman–Crippen MR) is 71.0 cm³/mol. The molecule has 1 nitrogen and oxygen atoms in total. The summed E-state index contributed by atoms with van der Waals surface area (Å²) in [4.78, 5) is 4.56.